The van der Waals surface area contributed by atoms with Crippen LogP contribution in [0.25, 0.3) is 127 Å². The van der Waals surface area contributed by atoms with E-state index in [0.717, 1.165) is 177 Å². The molecule has 118 heavy (non-hydrogen) atoms. The maximum Gasteiger partial charge on any atom is 0.159 e. The van der Waals surface area contributed by atoms with Crippen LogP contribution in [0.1, 0.15) is 33.4 Å². The van der Waals surface area contributed by atoms with E-state index in [2.05, 4.69) is 415 Å². The van der Waals surface area contributed by atoms with Gasteiger partial charge < -0.3 is 28.4 Å². The van der Waals surface area contributed by atoms with Gasteiger partial charge >= 0.3 is 0 Å². The number of aliphatic imine (C=N–C) groups is 2. The van der Waals surface area contributed by atoms with Crippen LogP contribution in [-0.2, 0) is 0 Å². The van der Waals surface area contributed by atoms with Gasteiger partial charge in [0.25, 0.3) is 0 Å². The summed E-state index contributed by atoms with van der Waals surface area (Å²) in [7, 11) is 0. The first-order valence-electron chi connectivity index (χ1n) is 40.5. The molecule has 0 amide bonds. The van der Waals surface area contributed by atoms with Crippen molar-refractivity contribution in [2.45, 2.75) is 13.0 Å². The van der Waals surface area contributed by atoms with Crippen molar-refractivity contribution < 1.29 is 8.83 Å². The SMILES string of the molecule is Cc1ccc2c(c1)=C1C=CC=CC1N(c1cc3c(N(c4ccccc4)c4cc5ccccc5c5ccccc45)c(N4C=CC=CC4)c4cc(N5CC=Cc6c(-c7cccc8ccccc78)cccc65)c5c6cc(C(=Nc7ccccc7)c7ccccc7)ccc6oc5c4c3c3c1oc1c(C(=Nc4ccccc4)c4ccccc4)cccc13)C=2. The Morgan fingerprint density at radius 2 is 1.06 bits per heavy atom. The fourth-order valence-electron chi connectivity index (χ4n) is 18.9. The molecule has 0 bridgehead atoms. The Bertz CT molecular complexity index is 7760. The number of para-hydroxylation sites is 4. The molecule has 23 rings (SSSR count). The summed E-state index contributed by atoms with van der Waals surface area (Å²) in [6, 6.07) is 120. The van der Waals surface area contributed by atoms with Crippen molar-refractivity contribution in [2.24, 2.45) is 9.98 Å². The summed E-state index contributed by atoms with van der Waals surface area (Å²) < 4.78 is 16.4. The second kappa shape index (κ2) is 28.0. The fourth-order valence-corrected chi connectivity index (χ4v) is 18.9. The zero-order valence-electron chi connectivity index (χ0n) is 64.6. The van der Waals surface area contributed by atoms with E-state index in [-0.39, 0.29) is 6.04 Å². The molecule has 5 heterocycles. The van der Waals surface area contributed by atoms with Gasteiger partial charge in [-0.3, -0.25) is 0 Å². The number of hydrogen-bond donors (Lipinski definition) is 0. The van der Waals surface area contributed by atoms with Gasteiger partial charge in [-0.1, -0.05) is 303 Å². The van der Waals surface area contributed by atoms with E-state index in [1.165, 1.54) is 38.1 Å². The summed E-state index contributed by atoms with van der Waals surface area (Å²) in [6.07, 6.45) is 25.0. The van der Waals surface area contributed by atoms with E-state index in [1.807, 2.05) is 12.1 Å². The Labute approximate surface area is 681 Å². The van der Waals surface area contributed by atoms with Crippen LogP contribution in [0.5, 0.6) is 0 Å². The highest BCUT2D eigenvalue weighted by Gasteiger charge is 2.37. The number of furan rings is 2. The van der Waals surface area contributed by atoms with Crippen molar-refractivity contribution in [2.75, 3.05) is 32.7 Å². The molecule has 0 spiro atoms. The van der Waals surface area contributed by atoms with Crippen LogP contribution in [0, 0.1) is 6.92 Å². The average molecular weight is 1510 g/mol. The third kappa shape index (κ3) is 11.2. The van der Waals surface area contributed by atoms with Gasteiger partial charge in [0.05, 0.1) is 62.7 Å². The number of benzene rings is 17. The highest BCUT2D eigenvalue weighted by atomic mass is 16.3. The minimum atomic E-state index is -0.243. The van der Waals surface area contributed by atoms with E-state index >= 15 is 0 Å². The lowest BCUT2D eigenvalue weighted by molar-refractivity contribution is 0.667. The molecular weight excluding hydrogens is 1440 g/mol. The smallest absolute Gasteiger partial charge is 0.159 e. The van der Waals surface area contributed by atoms with Gasteiger partial charge in [0.1, 0.15) is 16.7 Å². The second-order valence-electron chi connectivity index (χ2n) is 31.0. The Hall–Kier alpha value is -15.4. The lowest BCUT2D eigenvalue weighted by Crippen LogP contribution is -2.44. The van der Waals surface area contributed by atoms with Crippen molar-refractivity contribution in [3.63, 3.8) is 0 Å². The lowest BCUT2D eigenvalue weighted by atomic mass is 9.88. The number of rotatable bonds is 13. The fraction of sp³-hybridized carbons (Fsp3) is 0.0364. The molecule has 8 heteroatoms. The number of fused-ring (bicyclic) bond motifs is 18. The molecular formula is C110H74N6O2. The summed E-state index contributed by atoms with van der Waals surface area (Å²) in [5.41, 5.74) is 22.8. The first kappa shape index (κ1) is 68.2. The molecule has 2 aromatic heterocycles. The molecule has 0 radical (unpaired) electrons. The van der Waals surface area contributed by atoms with Gasteiger partial charge in [-0.15, -0.1) is 0 Å². The van der Waals surface area contributed by atoms with Gasteiger partial charge in [-0.05, 0) is 152 Å². The molecule has 0 saturated heterocycles. The number of hydrogen-bond acceptors (Lipinski definition) is 8. The van der Waals surface area contributed by atoms with Gasteiger partial charge in [-0.25, -0.2) is 9.98 Å². The highest BCUT2D eigenvalue weighted by molar-refractivity contribution is 6.41. The number of aryl methyl sites for hydroxylation is 1. The van der Waals surface area contributed by atoms with Crippen LogP contribution in [0.3, 0.4) is 0 Å². The van der Waals surface area contributed by atoms with Crippen molar-refractivity contribution in [1.82, 2.24) is 0 Å². The van der Waals surface area contributed by atoms with Gasteiger partial charge in [-0.2, -0.15) is 0 Å². The predicted octanol–water partition coefficient (Wildman–Crippen LogP) is 27.0. The number of anilines is 7. The van der Waals surface area contributed by atoms with Crippen LogP contribution in [0.2, 0.25) is 0 Å². The monoisotopic (exact) mass is 1510 g/mol. The van der Waals surface area contributed by atoms with E-state index in [0.29, 0.717) is 18.7 Å². The largest absolute Gasteiger partial charge is 0.455 e. The van der Waals surface area contributed by atoms with Crippen molar-refractivity contribution >= 4 is 178 Å². The topological polar surface area (TPSA) is 64.0 Å². The van der Waals surface area contributed by atoms with E-state index in [4.69, 9.17) is 18.8 Å². The maximum atomic E-state index is 8.21. The first-order valence-corrected chi connectivity index (χ1v) is 40.5. The van der Waals surface area contributed by atoms with Crippen LogP contribution >= 0.6 is 0 Å². The van der Waals surface area contributed by atoms with Crippen LogP contribution in [-0.4, -0.2) is 30.6 Å². The molecule has 1 atom stereocenters. The molecule has 556 valence electrons. The molecule has 1 aliphatic carbocycles. The summed E-state index contributed by atoms with van der Waals surface area (Å²) >= 11 is 0. The minimum Gasteiger partial charge on any atom is -0.455 e. The molecule has 0 saturated carbocycles. The standard InChI is InChI=1S/C110H74N6O2/c1-70-57-58-76-69-115(95-55-25-24-49-87(95)90(76)64-70)98-68-92-101(102-88-52-29-53-89(108(88)118-109(98)102)105(73-35-10-3-11-36-73)112-78-41-14-5-15-42-78)103-93(106(113-61-26-7-27-62-113)107(92)116(79-43-16-6-17-44-79)96-66-74-37-19-21-46-81(74)83-47-22-23-48-86(83)96)67-97(114-63-31-54-85-84(51-30-56-94(85)114)82-50-28-38-71-32-18-20-45-80(71)82)100-91-65-75(59-60-99(91)117-110(100)103)104(72-33-8-2-9-34-72)111-77-39-12-4-13-40-77/h2-61,64-69,95H,62-63H2,1H3. The van der Waals surface area contributed by atoms with Crippen LogP contribution in [0.4, 0.5) is 51.2 Å². The van der Waals surface area contributed by atoms with Crippen molar-refractivity contribution in [1.29, 1.82) is 0 Å². The zero-order chi connectivity index (χ0) is 77.9. The second-order valence-corrected chi connectivity index (χ2v) is 31.0. The van der Waals surface area contributed by atoms with Crippen LogP contribution < -0.4 is 30.0 Å². The minimum absolute atomic E-state index is 0.243. The lowest BCUT2D eigenvalue weighted by Gasteiger charge is -2.37. The van der Waals surface area contributed by atoms with Crippen molar-refractivity contribution in [3.05, 3.63) is 432 Å². The normalized spacial score (nSPS) is 14.6. The molecule has 8 nitrogen and oxygen atoms in total. The predicted molar refractivity (Wildman–Crippen MR) is 496 cm³/mol. The quantitative estimate of drug-likeness (QED) is 0.0847. The Morgan fingerprint density at radius 3 is 1.84 bits per heavy atom. The third-order valence-corrected chi connectivity index (χ3v) is 24.1. The van der Waals surface area contributed by atoms with Gasteiger partial charge in [0, 0.05) is 108 Å². The molecule has 0 N–H and O–H groups in total. The van der Waals surface area contributed by atoms with Gasteiger partial charge in [0.15, 0.2) is 5.58 Å². The molecule has 4 aliphatic rings. The van der Waals surface area contributed by atoms with E-state index < -0.39 is 0 Å². The first-order chi connectivity index (χ1) is 58.5. The Balaban J connectivity index is 0.949. The van der Waals surface area contributed by atoms with Crippen molar-refractivity contribution in [3.8, 4) is 11.1 Å². The highest BCUT2D eigenvalue weighted by Crippen LogP contribution is 2.60. The zero-order valence-corrected chi connectivity index (χ0v) is 64.6. The number of allylic oxidation sites excluding steroid dienone is 4. The van der Waals surface area contributed by atoms with Crippen LogP contribution in [0.15, 0.2) is 407 Å². The molecule has 19 aromatic rings. The summed E-state index contributed by atoms with van der Waals surface area (Å²) in [6.45, 7) is 3.30. The molecule has 3 aliphatic heterocycles. The molecule has 0 fully saturated rings. The maximum absolute atomic E-state index is 8.21. The summed E-state index contributed by atoms with van der Waals surface area (Å²) in [4.78, 5) is 21.3. The van der Waals surface area contributed by atoms with Gasteiger partial charge in [0.2, 0.25) is 0 Å². The molecule has 1 unspecified atom stereocenters. The molecule has 17 aromatic carbocycles. The number of nitrogens with zero attached hydrogens (tertiary/aromatic N) is 6. The summed E-state index contributed by atoms with van der Waals surface area (Å²) in [5.74, 6) is 0. The summed E-state index contributed by atoms with van der Waals surface area (Å²) in [5, 5.41) is 16.9. The third-order valence-electron chi connectivity index (χ3n) is 24.1. The Morgan fingerprint density at radius 1 is 0.407 bits per heavy atom. The van der Waals surface area contributed by atoms with E-state index in [9.17, 15) is 0 Å². The Kier molecular flexibility index (Phi) is 16.2. The average Bonchev–Trinajstić information content (AvgIpc) is 1.40. The van der Waals surface area contributed by atoms with E-state index in [1.54, 1.807) is 0 Å².